The van der Waals surface area contributed by atoms with Crippen molar-refractivity contribution in [3.8, 4) is 0 Å². The van der Waals surface area contributed by atoms with Crippen LogP contribution in [0.4, 0.5) is 0 Å². The molecule has 1 aliphatic rings. The molecule has 2 rings (SSSR count). The third kappa shape index (κ3) is 2.07. The first-order valence-corrected chi connectivity index (χ1v) is 6.75. The molecule has 0 bridgehead atoms. The van der Waals surface area contributed by atoms with E-state index in [0.29, 0.717) is 24.2 Å². The van der Waals surface area contributed by atoms with Gasteiger partial charge in [-0.2, -0.15) is 15.0 Å². The van der Waals surface area contributed by atoms with Crippen LogP contribution in [0.15, 0.2) is 0 Å². The Balaban J connectivity index is 2.05. The topological polar surface area (TPSA) is 76.9 Å². The first-order valence-electron chi connectivity index (χ1n) is 4.89. The van der Waals surface area contributed by atoms with E-state index in [1.54, 1.807) is 14.0 Å². The molecule has 1 saturated carbocycles. The van der Waals surface area contributed by atoms with E-state index in [2.05, 4.69) is 14.9 Å². The van der Waals surface area contributed by atoms with Crippen LogP contribution in [0.1, 0.15) is 24.2 Å². The first-order chi connectivity index (χ1) is 7.34. The summed E-state index contributed by atoms with van der Waals surface area (Å²) in [4.78, 5) is 1.41. The fraction of sp³-hybridized carbons (Fsp3) is 0.750. The molecule has 0 atom stereocenters. The van der Waals surface area contributed by atoms with Gasteiger partial charge in [0.25, 0.3) is 0 Å². The van der Waals surface area contributed by atoms with E-state index >= 15 is 0 Å². The SMILES string of the molecule is Cc1nn(C)nc1CNS(=O)(=O)C1(Cl)CC1. The van der Waals surface area contributed by atoms with Gasteiger partial charge in [-0.15, -0.1) is 11.6 Å². The first kappa shape index (κ1) is 11.8. The summed E-state index contributed by atoms with van der Waals surface area (Å²) in [6.45, 7) is 1.92. The molecule has 0 saturated heterocycles. The van der Waals surface area contributed by atoms with Crippen molar-refractivity contribution in [1.29, 1.82) is 0 Å². The molecule has 1 aromatic heterocycles. The summed E-state index contributed by atoms with van der Waals surface area (Å²) in [5.41, 5.74) is 1.33. The highest BCUT2D eigenvalue weighted by Gasteiger charge is 2.53. The zero-order valence-corrected chi connectivity index (χ0v) is 10.6. The van der Waals surface area contributed by atoms with Gasteiger partial charge < -0.3 is 0 Å². The van der Waals surface area contributed by atoms with Crippen molar-refractivity contribution in [2.75, 3.05) is 0 Å². The van der Waals surface area contributed by atoms with Crippen molar-refractivity contribution < 1.29 is 8.42 Å². The number of nitrogens with one attached hydrogen (secondary N) is 1. The molecule has 1 aromatic rings. The van der Waals surface area contributed by atoms with Gasteiger partial charge in [0.05, 0.1) is 12.2 Å². The molecular weight excluding hydrogens is 252 g/mol. The minimum atomic E-state index is -3.45. The zero-order valence-electron chi connectivity index (χ0n) is 9.07. The summed E-state index contributed by atoms with van der Waals surface area (Å²) in [5.74, 6) is 0. The molecule has 90 valence electrons. The summed E-state index contributed by atoms with van der Waals surface area (Å²) in [5, 5.41) is 8.08. The molecule has 1 N–H and O–H groups in total. The van der Waals surface area contributed by atoms with Crippen molar-refractivity contribution in [2.45, 2.75) is 30.5 Å². The van der Waals surface area contributed by atoms with E-state index in [4.69, 9.17) is 11.6 Å². The van der Waals surface area contributed by atoms with E-state index in [-0.39, 0.29) is 6.54 Å². The predicted molar refractivity (Wildman–Crippen MR) is 59.3 cm³/mol. The van der Waals surface area contributed by atoms with Gasteiger partial charge in [-0.1, -0.05) is 0 Å². The minimum absolute atomic E-state index is 0.135. The number of aromatic nitrogens is 3. The van der Waals surface area contributed by atoms with Crippen LogP contribution in [0.3, 0.4) is 0 Å². The molecule has 6 nitrogen and oxygen atoms in total. The van der Waals surface area contributed by atoms with Crippen LogP contribution in [0.25, 0.3) is 0 Å². The lowest BCUT2D eigenvalue weighted by molar-refractivity contribution is 0.573. The molecule has 1 heterocycles. The number of hydrogen-bond acceptors (Lipinski definition) is 4. The van der Waals surface area contributed by atoms with Gasteiger partial charge in [-0.3, -0.25) is 0 Å². The third-order valence-corrected chi connectivity index (χ3v) is 5.42. The molecule has 0 radical (unpaired) electrons. The van der Waals surface area contributed by atoms with E-state index in [9.17, 15) is 8.42 Å². The molecule has 0 unspecified atom stereocenters. The average molecular weight is 265 g/mol. The zero-order chi connectivity index (χ0) is 12.0. The van der Waals surface area contributed by atoms with Gasteiger partial charge in [-0.25, -0.2) is 13.1 Å². The maximum absolute atomic E-state index is 11.7. The van der Waals surface area contributed by atoms with Gasteiger partial charge in [0.15, 0.2) is 4.21 Å². The molecule has 0 spiro atoms. The lowest BCUT2D eigenvalue weighted by atomic mass is 10.3. The van der Waals surface area contributed by atoms with Crippen molar-refractivity contribution in [1.82, 2.24) is 19.7 Å². The van der Waals surface area contributed by atoms with Crippen molar-refractivity contribution in [3.05, 3.63) is 11.4 Å². The van der Waals surface area contributed by atoms with Crippen LogP contribution in [0.2, 0.25) is 0 Å². The second-order valence-electron chi connectivity index (χ2n) is 3.93. The Morgan fingerprint density at radius 1 is 1.50 bits per heavy atom. The molecule has 0 aliphatic heterocycles. The summed E-state index contributed by atoms with van der Waals surface area (Å²) in [7, 11) is -1.76. The molecule has 1 fully saturated rings. The second kappa shape index (κ2) is 3.68. The predicted octanol–water partition coefficient (Wildman–Crippen LogP) is 0.272. The Morgan fingerprint density at radius 3 is 2.56 bits per heavy atom. The van der Waals surface area contributed by atoms with Gasteiger partial charge in [0, 0.05) is 7.05 Å². The lowest BCUT2D eigenvalue weighted by Crippen LogP contribution is -2.32. The number of aryl methyl sites for hydroxylation is 2. The molecule has 1 aliphatic carbocycles. The van der Waals surface area contributed by atoms with Crippen LogP contribution in [-0.2, 0) is 23.6 Å². The summed E-state index contributed by atoms with van der Waals surface area (Å²) in [6, 6.07) is 0. The quantitative estimate of drug-likeness (QED) is 0.792. The highest BCUT2D eigenvalue weighted by atomic mass is 35.5. The Morgan fingerprint density at radius 2 is 2.12 bits per heavy atom. The van der Waals surface area contributed by atoms with Gasteiger partial charge in [0.2, 0.25) is 10.0 Å². The maximum Gasteiger partial charge on any atom is 0.231 e. The Labute approximate surface area is 99.0 Å². The van der Waals surface area contributed by atoms with Crippen molar-refractivity contribution in [2.24, 2.45) is 7.05 Å². The highest BCUT2D eigenvalue weighted by Crippen LogP contribution is 2.46. The Hall–Kier alpha value is -0.660. The minimum Gasteiger partial charge on any atom is -0.211 e. The lowest BCUT2D eigenvalue weighted by Gasteiger charge is -2.08. The summed E-state index contributed by atoms with van der Waals surface area (Å²) >= 11 is 5.86. The fourth-order valence-electron chi connectivity index (χ4n) is 1.37. The number of halogens is 1. The Kier molecular flexibility index (Phi) is 2.72. The highest BCUT2D eigenvalue weighted by molar-refractivity contribution is 7.92. The van der Waals surface area contributed by atoms with E-state index in [0.717, 1.165) is 0 Å². The molecular formula is C8H13ClN4O2S. The smallest absolute Gasteiger partial charge is 0.211 e. The van der Waals surface area contributed by atoms with Crippen LogP contribution >= 0.6 is 11.6 Å². The maximum atomic E-state index is 11.7. The van der Waals surface area contributed by atoms with Crippen LogP contribution < -0.4 is 4.72 Å². The van der Waals surface area contributed by atoms with Crippen LogP contribution in [0.5, 0.6) is 0 Å². The standard InChI is InChI=1S/C8H13ClN4O2S/c1-6-7(12-13(2)11-6)5-10-16(14,15)8(9)3-4-8/h10H,3-5H2,1-2H3. The number of nitrogens with zero attached hydrogens (tertiary/aromatic N) is 3. The number of sulfonamides is 1. The third-order valence-electron chi connectivity index (χ3n) is 2.53. The normalized spacial score (nSPS) is 18.7. The van der Waals surface area contributed by atoms with Gasteiger partial charge in [-0.05, 0) is 19.8 Å². The Bertz CT molecular complexity index is 506. The van der Waals surface area contributed by atoms with Gasteiger partial charge >= 0.3 is 0 Å². The molecule has 16 heavy (non-hydrogen) atoms. The van der Waals surface area contributed by atoms with E-state index in [1.165, 1.54) is 4.80 Å². The van der Waals surface area contributed by atoms with E-state index in [1.807, 2.05) is 0 Å². The monoisotopic (exact) mass is 264 g/mol. The molecule has 0 amide bonds. The second-order valence-corrected chi connectivity index (χ2v) is 6.95. The van der Waals surface area contributed by atoms with Gasteiger partial charge in [0.1, 0.15) is 5.69 Å². The summed E-state index contributed by atoms with van der Waals surface area (Å²) < 4.78 is 24.8. The largest absolute Gasteiger partial charge is 0.231 e. The van der Waals surface area contributed by atoms with Crippen molar-refractivity contribution >= 4 is 21.6 Å². The summed E-state index contributed by atoms with van der Waals surface area (Å²) in [6.07, 6.45) is 1.01. The fourth-order valence-corrected chi connectivity index (χ4v) is 2.85. The van der Waals surface area contributed by atoms with Crippen LogP contribution in [0, 0.1) is 6.92 Å². The van der Waals surface area contributed by atoms with Crippen molar-refractivity contribution in [3.63, 3.8) is 0 Å². The number of rotatable bonds is 4. The van der Waals surface area contributed by atoms with E-state index < -0.39 is 14.2 Å². The number of hydrogen-bond donors (Lipinski definition) is 1. The molecule has 8 heteroatoms. The van der Waals surface area contributed by atoms with Crippen LogP contribution in [-0.4, -0.2) is 27.6 Å². The number of alkyl halides is 1. The molecule has 0 aromatic carbocycles. The average Bonchev–Trinajstić information content (AvgIpc) is 2.84.